The third-order valence-corrected chi connectivity index (χ3v) is 5.13. The lowest BCUT2D eigenvalue weighted by molar-refractivity contribution is -0.137. The first-order valence-corrected chi connectivity index (χ1v) is 8.12. The first-order valence-electron chi connectivity index (χ1n) is 6.44. The van der Waals surface area contributed by atoms with Crippen molar-refractivity contribution in [3.05, 3.63) is 56.2 Å². The van der Waals surface area contributed by atoms with Crippen LogP contribution >= 0.6 is 27.3 Å². The molecule has 0 amide bonds. The van der Waals surface area contributed by atoms with Gasteiger partial charge in [-0.1, -0.05) is 12.1 Å². The SMILES string of the molecule is CC(NC(C)c1cc(Br)cs1)c1ccc(C(F)(F)F)cc1. The molecule has 21 heavy (non-hydrogen) atoms. The monoisotopic (exact) mass is 377 g/mol. The smallest absolute Gasteiger partial charge is 0.303 e. The Labute approximate surface area is 134 Å². The number of halogens is 4. The van der Waals surface area contributed by atoms with Crippen LogP contribution in [0.3, 0.4) is 0 Å². The van der Waals surface area contributed by atoms with Gasteiger partial charge in [0.1, 0.15) is 0 Å². The number of benzene rings is 1. The Morgan fingerprint density at radius 3 is 2.19 bits per heavy atom. The van der Waals surface area contributed by atoms with Gasteiger partial charge in [-0.25, -0.2) is 0 Å². The number of hydrogen-bond donors (Lipinski definition) is 1. The van der Waals surface area contributed by atoms with E-state index in [1.807, 2.05) is 25.3 Å². The Morgan fingerprint density at radius 1 is 1.10 bits per heavy atom. The second kappa shape index (κ2) is 6.50. The van der Waals surface area contributed by atoms with E-state index in [0.717, 1.165) is 22.2 Å². The molecular weight excluding hydrogens is 363 g/mol. The molecule has 0 spiro atoms. The lowest BCUT2D eigenvalue weighted by Crippen LogP contribution is -2.21. The molecule has 0 bridgehead atoms. The second-order valence-electron chi connectivity index (χ2n) is 4.90. The highest BCUT2D eigenvalue weighted by Crippen LogP contribution is 2.31. The molecule has 2 rings (SSSR count). The Bertz CT molecular complexity index is 592. The van der Waals surface area contributed by atoms with Gasteiger partial charge < -0.3 is 5.32 Å². The van der Waals surface area contributed by atoms with E-state index in [2.05, 4.69) is 21.2 Å². The molecule has 0 saturated heterocycles. The van der Waals surface area contributed by atoms with Gasteiger partial charge >= 0.3 is 6.18 Å². The van der Waals surface area contributed by atoms with E-state index in [1.54, 1.807) is 11.3 Å². The zero-order valence-corrected chi connectivity index (χ0v) is 13.9. The number of hydrogen-bond acceptors (Lipinski definition) is 2. The summed E-state index contributed by atoms with van der Waals surface area (Å²) in [5.74, 6) is 0. The van der Waals surface area contributed by atoms with Crippen molar-refractivity contribution in [2.75, 3.05) is 0 Å². The number of alkyl halides is 3. The fourth-order valence-electron chi connectivity index (χ4n) is 2.07. The van der Waals surface area contributed by atoms with Crippen LogP contribution in [0.15, 0.2) is 40.2 Å². The largest absolute Gasteiger partial charge is 0.416 e. The molecule has 2 unspecified atom stereocenters. The lowest BCUT2D eigenvalue weighted by Gasteiger charge is -2.20. The molecule has 1 aromatic carbocycles. The molecule has 2 atom stereocenters. The van der Waals surface area contributed by atoms with Crippen molar-refractivity contribution in [1.82, 2.24) is 5.32 Å². The fourth-order valence-corrected chi connectivity index (χ4v) is 3.53. The lowest BCUT2D eigenvalue weighted by atomic mass is 10.0. The summed E-state index contributed by atoms with van der Waals surface area (Å²) in [6.07, 6.45) is -4.29. The summed E-state index contributed by atoms with van der Waals surface area (Å²) < 4.78 is 38.6. The standard InChI is InChI=1S/C15H15BrF3NS/c1-9(20-10(2)14-7-13(16)8-21-14)11-3-5-12(6-4-11)15(17,18)19/h3-10,20H,1-2H3. The normalized spacial score (nSPS) is 15.0. The van der Waals surface area contributed by atoms with Crippen molar-refractivity contribution in [3.63, 3.8) is 0 Å². The van der Waals surface area contributed by atoms with E-state index in [0.29, 0.717) is 0 Å². The predicted molar refractivity (Wildman–Crippen MR) is 83.4 cm³/mol. The van der Waals surface area contributed by atoms with Crippen molar-refractivity contribution >= 4 is 27.3 Å². The molecule has 0 aliphatic carbocycles. The first kappa shape index (κ1) is 16.5. The second-order valence-corrected chi connectivity index (χ2v) is 6.76. The van der Waals surface area contributed by atoms with E-state index in [-0.39, 0.29) is 12.1 Å². The maximum atomic E-state index is 12.5. The Balaban J connectivity index is 2.04. The number of rotatable bonds is 4. The molecule has 0 aliphatic rings. The topological polar surface area (TPSA) is 12.0 Å². The van der Waals surface area contributed by atoms with Gasteiger partial charge in [0.05, 0.1) is 5.56 Å². The van der Waals surface area contributed by atoms with Crippen LogP contribution in [0.4, 0.5) is 13.2 Å². The van der Waals surface area contributed by atoms with Gasteiger partial charge in [0, 0.05) is 26.8 Å². The molecule has 0 fully saturated rings. The van der Waals surface area contributed by atoms with Crippen LogP contribution in [-0.2, 0) is 6.18 Å². The third kappa shape index (κ3) is 4.31. The highest BCUT2D eigenvalue weighted by Gasteiger charge is 2.30. The molecule has 0 radical (unpaired) electrons. The van der Waals surface area contributed by atoms with Crippen molar-refractivity contribution in [2.45, 2.75) is 32.1 Å². The predicted octanol–water partition coefficient (Wildman–Crippen LogP) is 5.94. The average molecular weight is 378 g/mol. The van der Waals surface area contributed by atoms with Crippen LogP contribution in [0.25, 0.3) is 0 Å². The van der Waals surface area contributed by atoms with Crippen molar-refractivity contribution in [3.8, 4) is 0 Å². The molecule has 0 saturated carbocycles. The van der Waals surface area contributed by atoms with Crippen LogP contribution in [0.1, 0.15) is 41.9 Å². The van der Waals surface area contributed by atoms with Gasteiger partial charge in [0.25, 0.3) is 0 Å². The molecule has 1 heterocycles. The fraction of sp³-hybridized carbons (Fsp3) is 0.333. The van der Waals surface area contributed by atoms with E-state index >= 15 is 0 Å². The molecule has 6 heteroatoms. The van der Waals surface area contributed by atoms with Crippen LogP contribution in [0, 0.1) is 0 Å². The van der Waals surface area contributed by atoms with E-state index in [1.165, 1.54) is 17.0 Å². The van der Waals surface area contributed by atoms with Gasteiger partial charge in [-0.2, -0.15) is 13.2 Å². The van der Waals surface area contributed by atoms with Crippen LogP contribution in [-0.4, -0.2) is 0 Å². The Hall–Kier alpha value is -0.850. The molecular formula is C15H15BrF3NS. The summed E-state index contributed by atoms with van der Waals surface area (Å²) in [5, 5.41) is 5.40. The summed E-state index contributed by atoms with van der Waals surface area (Å²) in [4.78, 5) is 1.18. The van der Waals surface area contributed by atoms with E-state index in [4.69, 9.17) is 0 Å². The minimum Gasteiger partial charge on any atom is -0.303 e. The summed E-state index contributed by atoms with van der Waals surface area (Å²) in [7, 11) is 0. The maximum absolute atomic E-state index is 12.5. The van der Waals surface area contributed by atoms with Crippen molar-refractivity contribution in [2.24, 2.45) is 0 Å². The number of nitrogens with one attached hydrogen (secondary N) is 1. The van der Waals surface area contributed by atoms with Gasteiger partial charge in [0.15, 0.2) is 0 Å². The molecule has 1 N–H and O–H groups in total. The summed E-state index contributed by atoms with van der Waals surface area (Å²) in [5.41, 5.74) is 0.221. The van der Waals surface area contributed by atoms with Gasteiger partial charge in [-0.3, -0.25) is 0 Å². The quantitative estimate of drug-likeness (QED) is 0.694. The Morgan fingerprint density at radius 2 is 1.71 bits per heavy atom. The molecule has 2 aromatic rings. The van der Waals surface area contributed by atoms with Crippen LogP contribution in [0.5, 0.6) is 0 Å². The van der Waals surface area contributed by atoms with Gasteiger partial charge in [0.2, 0.25) is 0 Å². The Kier molecular flexibility index (Phi) is 5.11. The average Bonchev–Trinajstić information content (AvgIpc) is 2.84. The third-order valence-electron chi connectivity index (χ3n) is 3.25. The molecule has 114 valence electrons. The maximum Gasteiger partial charge on any atom is 0.416 e. The summed E-state index contributed by atoms with van der Waals surface area (Å²) >= 11 is 5.06. The zero-order valence-electron chi connectivity index (χ0n) is 11.5. The van der Waals surface area contributed by atoms with Crippen LogP contribution < -0.4 is 5.32 Å². The van der Waals surface area contributed by atoms with E-state index in [9.17, 15) is 13.2 Å². The van der Waals surface area contributed by atoms with Gasteiger partial charge in [-0.15, -0.1) is 11.3 Å². The number of thiophene rings is 1. The van der Waals surface area contributed by atoms with Crippen molar-refractivity contribution < 1.29 is 13.2 Å². The van der Waals surface area contributed by atoms with E-state index < -0.39 is 11.7 Å². The molecule has 1 aromatic heterocycles. The van der Waals surface area contributed by atoms with Crippen molar-refractivity contribution in [1.29, 1.82) is 0 Å². The van der Waals surface area contributed by atoms with Gasteiger partial charge in [-0.05, 0) is 53.5 Å². The summed E-state index contributed by atoms with van der Waals surface area (Å²) in [6, 6.07) is 7.46. The minimum absolute atomic E-state index is 0.0249. The first-order chi connectivity index (χ1) is 9.77. The van der Waals surface area contributed by atoms with Crippen LogP contribution in [0.2, 0.25) is 0 Å². The summed E-state index contributed by atoms with van der Waals surface area (Å²) in [6.45, 7) is 3.99. The molecule has 1 nitrogen and oxygen atoms in total. The highest BCUT2D eigenvalue weighted by atomic mass is 79.9. The molecule has 0 aliphatic heterocycles. The zero-order chi connectivity index (χ0) is 15.6. The highest BCUT2D eigenvalue weighted by molar-refractivity contribution is 9.10. The minimum atomic E-state index is -4.29.